The number of aliphatic hydroxyl groups excluding tert-OH is 1. The quantitative estimate of drug-likeness (QED) is 0.576. The summed E-state index contributed by atoms with van der Waals surface area (Å²) >= 11 is 0. The summed E-state index contributed by atoms with van der Waals surface area (Å²) in [6.45, 7) is 5.17. The molecular formula is C5H11O2. The van der Waals surface area contributed by atoms with Crippen LogP contribution in [0.15, 0.2) is 0 Å². The van der Waals surface area contributed by atoms with Gasteiger partial charge < -0.3 is 9.84 Å². The summed E-state index contributed by atoms with van der Waals surface area (Å²) in [5.41, 5.74) is 0. The van der Waals surface area contributed by atoms with E-state index in [9.17, 15) is 0 Å². The predicted molar refractivity (Wildman–Crippen MR) is 27.3 cm³/mol. The first-order valence-electron chi connectivity index (χ1n) is 2.35. The van der Waals surface area contributed by atoms with Crippen LogP contribution in [-0.4, -0.2) is 17.8 Å². The normalized spacial score (nSPS) is 10.3. The van der Waals surface area contributed by atoms with E-state index in [-0.39, 0.29) is 6.10 Å². The summed E-state index contributed by atoms with van der Waals surface area (Å²) in [6, 6.07) is 0. The Balaban J connectivity index is 2.68. The maximum absolute atomic E-state index is 8.07. The summed E-state index contributed by atoms with van der Waals surface area (Å²) in [7, 11) is 0. The topological polar surface area (TPSA) is 29.5 Å². The van der Waals surface area contributed by atoms with E-state index in [1.54, 1.807) is 0 Å². The fraction of sp³-hybridized carbons (Fsp3) is 0.800. The molecule has 0 aliphatic carbocycles. The van der Waals surface area contributed by atoms with E-state index < -0.39 is 0 Å². The maximum atomic E-state index is 8.07. The molecule has 0 unspecified atom stereocenters. The third-order valence-electron chi connectivity index (χ3n) is 0.504. The molecule has 1 radical (unpaired) electrons. The van der Waals surface area contributed by atoms with Crippen molar-refractivity contribution < 1.29 is 9.84 Å². The monoisotopic (exact) mass is 103 g/mol. The minimum absolute atomic E-state index is 0.211. The molecular weight excluding hydrogens is 92.1 g/mol. The van der Waals surface area contributed by atoms with Crippen LogP contribution in [0.4, 0.5) is 0 Å². The highest BCUT2D eigenvalue weighted by Crippen LogP contribution is 1.85. The number of hydrogen-bond acceptors (Lipinski definition) is 2. The van der Waals surface area contributed by atoms with Crippen LogP contribution in [-0.2, 0) is 4.74 Å². The first-order valence-corrected chi connectivity index (χ1v) is 2.35. The summed E-state index contributed by atoms with van der Waals surface area (Å²) in [4.78, 5) is 0. The SMILES string of the molecule is CC(C)OC[CH]O. The molecule has 0 aromatic carbocycles. The van der Waals surface area contributed by atoms with E-state index in [1.165, 1.54) is 0 Å². The highest BCUT2D eigenvalue weighted by atomic mass is 16.5. The molecule has 0 amide bonds. The standard InChI is InChI=1S/C5H11O2/c1-5(2)7-4-3-6/h3,5-6H,4H2,1-2H3. The molecule has 0 rings (SSSR count). The predicted octanol–water partition coefficient (Wildman–Crippen LogP) is 0.946. The van der Waals surface area contributed by atoms with Gasteiger partial charge in [0.1, 0.15) is 6.61 Å². The second-order valence-electron chi connectivity index (χ2n) is 1.56. The lowest BCUT2D eigenvalue weighted by molar-refractivity contribution is 0.0731. The van der Waals surface area contributed by atoms with Gasteiger partial charge in [-0.2, -0.15) is 0 Å². The molecule has 7 heavy (non-hydrogen) atoms. The molecule has 0 bridgehead atoms. The molecule has 2 nitrogen and oxygen atoms in total. The van der Waals surface area contributed by atoms with E-state index in [1.807, 2.05) is 13.8 Å². The zero-order valence-electron chi connectivity index (χ0n) is 4.72. The summed E-state index contributed by atoms with van der Waals surface area (Å²) in [6.07, 6.45) is 0.211. The van der Waals surface area contributed by atoms with Crippen molar-refractivity contribution in [2.75, 3.05) is 6.61 Å². The second-order valence-corrected chi connectivity index (χ2v) is 1.56. The largest absolute Gasteiger partial charge is 0.388 e. The van der Waals surface area contributed by atoms with Crippen LogP contribution in [0, 0.1) is 6.61 Å². The summed E-state index contributed by atoms with van der Waals surface area (Å²) < 4.78 is 4.89. The number of rotatable bonds is 3. The smallest absolute Gasteiger partial charge is 0.105 e. The molecule has 0 fully saturated rings. The third kappa shape index (κ3) is 5.92. The van der Waals surface area contributed by atoms with E-state index in [4.69, 9.17) is 9.84 Å². The first-order chi connectivity index (χ1) is 3.27. The molecule has 43 valence electrons. The van der Waals surface area contributed by atoms with E-state index >= 15 is 0 Å². The minimum atomic E-state index is 0.211. The Morgan fingerprint density at radius 2 is 2.29 bits per heavy atom. The van der Waals surface area contributed by atoms with Crippen LogP contribution < -0.4 is 0 Å². The third-order valence-corrected chi connectivity index (χ3v) is 0.504. The van der Waals surface area contributed by atoms with Gasteiger partial charge in [0.2, 0.25) is 0 Å². The molecule has 0 aliphatic heterocycles. The lowest BCUT2D eigenvalue weighted by Crippen LogP contribution is -2.03. The van der Waals surface area contributed by atoms with Crippen LogP contribution in [0.5, 0.6) is 0 Å². The Kier molecular flexibility index (Phi) is 4.04. The van der Waals surface area contributed by atoms with Crippen molar-refractivity contribution >= 4 is 0 Å². The lowest BCUT2D eigenvalue weighted by atomic mass is 10.5. The lowest BCUT2D eigenvalue weighted by Gasteiger charge is -2.02. The van der Waals surface area contributed by atoms with Gasteiger partial charge >= 0.3 is 0 Å². The number of hydrogen-bond donors (Lipinski definition) is 1. The fourth-order valence-electron chi connectivity index (χ4n) is 0.235. The first kappa shape index (κ1) is 6.92. The van der Waals surface area contributed by atoms with E-state index in [2.05, 4.69) is 0 Å². The Hall–Kier alpha value is -0.0800. The van der Waals surface area contributed by atoms with Crippen LogP contribution in [0.1, 0.15) is 13.8 Å². The van der Waals surface area contributed by atoms with Crippen molar-refractivity contribution in [3.05, 3.63) is 6.61 Å². The fourth-order valence-corrected chi connectivity index (χ4v) is 0.235. The van der Waals surface area contributed by atoms with Crippen LogP contribution in [0.3, 0.4) is 0 Å². The average Bonchev–Trinajstić information content (AvgIpc) is 1.61. The van der Waals surface area contributed by atoms with E-state index in [0.717, 1.165) is 6.61 Å². The number of aliphatic hydroxyl groups is 1. The van der Waals surface area contributed by atoms with Crippen molar-refractivity contribution in [3.8, 4) is 0 Å². The van der Waals surface area contributed by atoms with Gasteiger partial charge in [-0.1, -0.05) is 0 Å². The van der Waals surface area contributed by atoms with Crippen LogP contribution in [0.2, 0.25) is 0 Å². The second kappa shape index (κ2) is 4.09. The average molecular weight is 103 g/mol. The molecule has 0 heterocycles. The molecule has 2 heteroatoms. The van der Waals surface area contributed by atoms with Crippen molar-refractivity contribution in [1.29, 1.82) is 0 Å². The molecule has 0 atom stereocenters. The van der Waals surface area contributed by atoms with Gasteiger partial charge in [0.25, 0.3) is 0 Å². The molecule has 0 saturated heterocycles. The summed E-state index contributed by atoms with van der Waals surface area (Å²) in [5.74, 6) is 0. The summed E-state index contributed by atoms with van der Waals surface area (Å²) in [5, 5.41) is 8.07. The molecule has 0 aromatic rings. The highest BCUT2D eigenvalue weighted by Gasteiger charge is 1.88. The van der Waals surface area contributed by atoms with Gasteiger partial charge in [0, 0.05) is 0 Å². The molecule has 0 saturated carbocycles. The van der Waals surface area contributed by atoms with Gasteiger partial charge in [0.15, 0.2) is 0 Å². The zero-order chi connectivity index (χ0) is 5.70. The molecule has 1 N–H and O–H groups in total. The van der Waals surface area contributed by atoms with Crippen molar-refractivity contribution in [1.82, 2.24) is 0 Å². The Morgan fingerprint density at radius 1 is 1.71 bits per heavy atom. The van der Waals surface area contributed by atoms with Crippen LogP contribution >= 0.6 is 0 Å². The van der Waals surface area contributed by atoms with Gasteiger partial charge in [-0.3, -0.25) is 0 Å². The van der Waals surface area contributed by atoms with Gasteiger partial charge in [-0.25, -0.2) is 0 Å². The Bertz CT molecular complexity index is 35.1. The minimum Gasteiger partial charge on any atom is -0.388 e. The molecule has 0 aliphatic rings. The van der Waals surface area contributed by atoms with Gasteiger partial charge in [-0.15, -0.1) is 0 Å². The van der Waals surface area contributed by atoms with Crippen LogP contribution in [0.25, 0.3) is 0 Å². The van der Waals surface area contributed by atoms with Gasteiger partial charge in [0.05, 0.1) is 12.7 Å². The zero-order valence-corrected chi connectivity index (χ0v) is 4.72. The van der Waals surface area contributed by atoms with Crippen molar-refractivity contribution in [3.63, 3.8) is 0 Å². The Morgan fingerprint density at radius 3 is 2.43 bits per heavy atom. The molecule has 0 aromatic heterocycles. The Labute approximate surface area is 44.1 Å². The number of ether oxygens (including phenoxy) is 1. The maximum Gasteiger partial charge on any atom is 0.105 e. The van der Waals surface area contributed by atoms with E-state index in [0.29, 0.717) is 6.61 Å². The molecule has 0 spiro atoms. The van der Waals surface area contributed by atoms with Crippen molar-refractivity contribution in [2.24, 2.45) is 0 Å². The van der Waals surface area contributed by atoms with Crippen molar-refractivity contribution in [2.45, 2.75) is 20.0 Å². The highest BCUT2D eigenvalue weighted by molar-refractivity contribution is 4.42. The van der Waals surface area contributed by atoms with Gasteiger partial charge in [-0.05, 0) is 13.8 Å².